The molecule has 0 amide bonds. The number of hydrogen-bond acceptors (Lipinski definition) is 2. The molecular formula is C20H25FN2OS. The lowest BCUT2D eigenvalue weighted by atomic mass is 9.93. The summed E-state index contributed by atoms with van der Waals surface area (Å²) in [6.45, 7) is 8.43. The van der Waals surface area contributed by atoms with Crippen molar-refractivity contribution in [3.8, 4) is 5.75 Å². The molecule has 5 heteroatoms. The number of methoxy groups -OCH3 is 1. The number of benzene rings is 2. The summed E-state index contributed by atoms with van der Waals surface area (Å²) in [7, 11) is 1.70. The first-order valence-corrected chi connectivity index (χ1v) is 8.74. The van der Waals surface area contributed by atoms with Crippen molar-refractivity contribution in [2.45, 2.75) is 39.7 Å². The smallest absolute Gasteiger partial charge is 0.171 e. The molecule has 0 aromatic heterocycles. The minimum atomic E-state index is -0.270. The highest BCUT2D eigenvalue weighted by atomic mass is 32.1. The Bertz CT molecular complexity index is 744. The fourth-order valence-corrected chi connectivity index (χ4v) is 3.08. The number of ether oxygens (including phenoxy) is 1. The largest absolute Gasteiger partial charge is 0.496 e. The third kappa shape index (κ3) is 4.92. The van der Waals surface area contributed by atoms with E-state index >= 15 is 0 Å². The zero-order valence-corrected chi connectivity index (χ0v) is 16.1. The van der Waals surface area contributed by atoms with Crippen molar-refractivity contribution in [1.82, 2.24) is 5.32 Å². The van der Waals surface area contributed by atoms with E-state index in [0.717, 1.165) is 17.0 Å². The first-order valence-electron chi connectivity index (χ1n) is 8.33. The standard InChI is InChI=1S/C20H25FN2OS/c1-12(2)17-11-18(13(3)10-19(17)24-5)14(4)22-20(25)23-16-8-6-15(21)7-9-16/h6-12,14H,1-5H3,(H2,22,23,25)/t14-/m0/s1. The van der Waals surface area contributed by atoms with E-state index < -0.39 is 0 Å². The molecule has 1 atom stereocenters. The Morgan fingerprint density at radius 1 is 1.08 bits per heavy atom. The summed E-state index contributed by atoms with van der Waals surface area (Å²) in [5.41, 5.74) is 4.24. The van der Waals surface area contributed by atoms with E-state index in [-0.39, 0.29) is 11.9 Å². The Kier molecular flexibility index (Phi) is 6.37. The highest BCUT2D eigenvalue weighted by Crippen LogP contribution is 2.32. The van der Waals surface area contributed by atoms with E-state index in [1.54, 1.807) is 19.2 Å². The predicted octanol–water partition coefficient (Wildman–Crippen LogP) is 5.31. The summed E-state index contributed by atoms with van der Waals surface area (Å²) < 4.78 is 18.5. The quantitative estimate of drug-likeness (QED) is 0.708. The maximum Gasteiger partial charge on any atom is 0.171 e. The van der Waals surface area contributed by atoms with Crippen molar-refractivity contribution in [2.75, 3.05) is 12.4 Å². The van der Waals surface area contributed by atoms with Crippen LogP contribution in [0.25, 0.3) is 0 Å². The van der Waals surface area contributed by atoms with Gasteiger partial charge in [-0.25, -0.2) is 4.39 Å². The Labute approximate surface area is 154 Å². The van der Waals surface area contributed by atoms with Gasteiger partial charge in [0.15, 0.2) is 5.11 Å². The van der Waals surface area contributed by atoms with Gasteiger partial charge in [-0.05, 0) is 85.1 Å². The molecule has 0 saturated carbocycles. The second-order valence-corrected chi connectivity index (χ2v) is 6.84. The predicted molar refractivity (Wildman–Crippen MR) is 106 cm³/mol. The highest BCUT2D eigenvalue weighted by Gasteiger charge is 2.16. The Hall–Kier alpha value is -2.14. The molecule has 2 aromatic rings. The minimum Gasteiger partial charge on any atom is -0.496 e. The van der Waals surface area contributed by atoms with E-state index in [4.69, 9.17) is 17.0 Å². The third-order valence-corrected chi connectivity index (χ3v) is 4.38. The molecule has 3 nitrogen and oxygen atoms in total. The van der Waals surface area contributed by atoms with E-state index in [1.165, 1.54) is 23.3 Å². The van der Waals surface area contributed by atoms with Crippen LogP contribution < -0.4 is 15.4 Å². The summed E-state index contributed by atoms with van der Waals surface area (Å²) in [5.74, 6) is 1.01. The van der Waals surface area contributed by atoms with Crippen LogP contribution in [-0.2, 0) is 0 Å². The monoisotopic (exact) mass is 360 g/mol. The van der Waals surface area contributed by atoms with Gasteiger partial charge < -0.3 is 15.4 Å². The number of hydrogen-bond donors (Lipinski definition) is 2. The van der Waals surface area contributed by atoms with Crippen molar-refractivity contribution < 1.29 is 9.13 Å². The van der Waals surface area contributed by atoms with E-state index in [9.17, 15) is 4.39 Å². The molecule has 2 aromatic carbocycles. The van der Waals surface area contributed by atoms with Gasteiger partial charge in [-0.3, -0.25) is 0 Å². The van der Waals surface area contributed by atoms with Crippen LogP contribution in [0, 0.1) is 12.7 Å². The minimum absolute atomic E-state index is 0.0313. The Morgan fingerprint density at radius 2 is 1.72 bits per heavy atom. The van der Waals surface area contributed by atoms with Gasteiger partial charge >= 0.3 is 0 Å². The van der Waals surface area contributed by atoms with Crippen LogP contribution in [0.1, 0.15) is 49.4 Å². The SMILES string of the molecule is COc1cc(C)c([C@H](C)NC(=S)Nc2ccc(F)cc2)cc1C(C)C. The summed E-state index contributed by atoms with van der Waals surface area (Å²) >= 11 is 5.38. The fourth-order valence-electron chi connectivity index (χ4n) is 2.79. The molecule has 0 unspecified atom stereocenters. The second kappa shape index (κ2) is 8.30. The highest BCUT2D eigenvalue weighted by molar-refractivity contribution is 7.80. The van der Waals surface area contributed by atoms with Gasteiger partial charge in [0.1, 0.15) is 11.6 Å². The van der Waals surface area contributed by atoms with Crippen molar-refractivity contribution >= 4 is 23.0 Å². The first kappa shape index (κ1) is 19.2. The number of halogens is 1. The van der Waals surface area contributed by atoms with Crippen LogP contribution in [-0.4, -0.2) is 12.2 Å². The second-order valence-electron chi connectivity index (χ2n) is 6.43. The average Bonchev–Trinajstić information content (AvgIpc) is 2.56. The summed E-state index contributed by atoms with van der Waals surface area (Å²) in [5, 5.41) is 6.87. The van der Waals surface area contributed by atoms with Gasteiger partial charge in [0, 0.05) is 5.69 Å². The van der Waals surface area contributed by atoms with Gasteiger partial charge in [-0.1, -0.05) is 13.8 Å². The zero-order valence-electron chi connectivity index (χ0n) is 15.3. The van der Waals surface area contributed by atoms with Gasteiger partial charge in [-0.2, -0.15) is 0 Å². The van der Waals surface area contributed by atoms with Crippen molar-refractivity contribution in [3.63, 3.8) is 0 Å². The van der Waals surface area contributed by atoms with Crippen molar-refractivity contribution in [2.24, 2.45) is 0 Å². The van der Waals surface area contributed by atoms with Gasteiger partial charge in [0.2, 0.25) is 0 Å². The topological polar surface area (TPSA) is 33.3 Å². The van der Waals surface area contributed by atoms with Crippen molar-refractivity contribution in [1.29, 1.82) is 0 Å². The molecular weight excluding hydrogens is 335 g/mol. The third-order valence-electron chi connectivity index (χ3n) is 4.16. The van der Waals surface area contributed by atoms with Crippen LogP contribution in [0.3, 0.4) is 0 Å². The Morgan fingerprint density at radius 3 is 2.28 bits per heavy atom. The summed E-state index contributed by atoms with van der Waals surface area (Å²) in [6, 6.07) is 10.4. The number of anilines is 1. The molecule has 134 valence electrons. The molecule has 0 aliphatic rings. The number of thiocarbonyl (C=S) groups is 1. The number of aryl methyl sites for hydroxylation is 1. The molecule has 0 bridgehead atoms. The van der Waals surface area contributed by atoms with Crippen LogP contribution in [0.5, 0.6) is 5.75 Å². The van der Waals surface area contributed by atoms with E-state index in [2.05, 4.69) is 50.5 Å². The van der Waals surface area contributed by atoms with E-state index in [1.807, 2.05) is 0 Å². The molecule has 2 N–H and O–H groups in total. The maximum atomic E-state index is 13.0. The van der Waals surface area contributed by atoms with Gasteiger partial charge in [0.05, 0.1) is 13.2 Å². The van der Waals surface area contributed by atoms with Crippen molar-refractivity contribution in [3.05, 3.63) is 58.9 Å². The number of nitrogens with one attached hydrogen (secondary N) is 2. The zero-order chi connectivity index (χ0) is 18.6. The molecule has 0 radical (unpaired) electrons. The van der Waals surface area contributed by atoms with Crippen LogP contribution >= 0.6 is 12.2 Å². The lowest BCUT2D eigenvalue weighted by Crippen LogP contribution is -2.31. The molecule has 25 heavy (non-hydrogen) atoms. The van der Waals surface area contributed by atoms with Gasteiger partial charge in [0.25, 0.3) is 0 Å². The fraction of sp³-hybridized carbons (Fsp3) is 0.350. The van der Waals surface area contributed by atoms with Crippen LogP contribution in [0.4, 0.5) is 10.1 Å². The molecule has 2 rings (SSSR count). The molecule has 0 fully saturated rings. The van der Waals surface area contributed by atoms with Crippen LogP contribution in [0.15, 0.2) is 36.4 Å². The van der Waals surface area contributed by atoms with Crippen LogP contribution in [0.2, 0.25) is 0 Å². The summed E-state index contributed by atoms with van der Waals surface area (Å²) in [4.78, 5) is 0. The first-order chi connectivity index (χ1) is 11.8. The Balaban J connectivity index is 2.14. The lowest BCUT2D eigenvalue weighted by Gasteiger charge is -2.22. The molecule has 0 saturated heterocycles. The van der Waals surface area contributed by atoms with E-state index in [0.29, 0.717) is 11.0 Å². The lowest BCUT2D eigenvalue weighted by molar-refractivity contribution is 0.406. The molecule has 0 heterocycles. The normalized spacial score (nSPS) is 12.0. The molecule has 0 aliphatic heterocycles. The summed E-state index contributed by atoms with van der Waals surface area (Å²) in [6.07, 6.45) is 0. The average molecular weight is 360 g/mol. The molecule has 0 spiro atoms. The molecule has 0 aliphatic carbocycles. The number of rotatable bonds is 5. The maximum absolute atomic E-state index is 13.0. The van der Waals surface area contributed by atoms with Gasteiger partial charge in [-0.15, -0.1) is 0 Å².